The number of halogens is 1. The molecule has 154 valence electrons. The number of rotatable bonds is 4. The summed E-state index contributed by atoms with van der Waals surface area (Å²) < 4.78 is 6.72. The van der Waals surface area contributed by atoms with Crippen molar-refractivity contribution in [2.24, 2.45) is 5.92 Å². The second kappa shape index (κ2) is 8.97. The maximum Gasteiger partial charge on any atom is 0.287 e. The highest BCUT2D eigenvalue weighted by atomic mass is 35.5. The van der Waals surface area contributed by atoms with Crippen LogP contribution in [0.5, 0.6) is 0 Å². The molecule has 1 atom stereocenters. The second-order valence-electron chi connectivity index (χ2n) is 7.52. The lowest BCUT2D eigenvalue weighted by atomic mass is 9.96. The van der Waals surface area contributed by atoms with Gasteiger partial charge in [0.15, 0.2) is 0 Å². The van der Waals surface area contributed by atoms with E-state index in [4.69, 9.17) is 16.3 Å². The Morgan fingerprint density at radius 2 is 1.93 bits per heavy atom. The Balaban J connectivity index is 1.49. The normalized spacial score (nSPS) is 20.0. The van der Waals surface area contributed by atoms with E-state index in [2.05, 4.69) is 5.10 Å². The molecule has 1 aromatic carbocycles. The van der Waals surface area contributed by atoms with Crippen molar-refractivity contribution in [3.63, 3.8) is 0 Å². The molecule has 7 nitrogen and oxygen atoms in total. The standard InChI is InChI=1S/C21H25ClN4O3/c22-19-18(13-23-26(21(19)28)14-16-5-2-1-3-6-16)25-8-4-7-17(15-25)20(27)24-9-11-29-12-10-24/h1-3,5-6,13,17H,4,7-12,14-15H2. The highest BCUT2D eigenvalue weighted by Crippen LogP contribution is 2.28. The first-order valence-electron chi connectivity index (χ1n) is 10.0. The van der Waals surface area contributed by atoms with Gasteiger partial charge >= 0.3 is 0 Å². The average Bonchev–Trinajstić information content (AvgIpc) is 2.78. The summed E-state index contributed by atoms with van der Waals surface area (Å²) >= 11 is 6.45. The zero-order valence-corrected chi connectivity index (χ0v) is 17.1. The predicted octanol–water partition coefficient (Wildman–Crippen LogP) is 2.02. The number of anilines is 1. The summed E-state index contributed by atoms with van der Waals surface area (Å²) in [6.45, 7) is 4.17. The molecule has 8 heteroatoms. The number of nitrogens with zero attached hydrogens (tertiary/aromatic N) is 4. The Bertz CT molecular complexity index is 912. The molecular weight excluding hydrogens is 392 g/mol. The molecule has 1 aromatic heterocycles. The van der Waals surface area contributed by atoms with Crippen LogP contribution in [0, 0.1) is 5.92 Å². The Kier molecular flexibility index (Phi) is 6.16. The average molecular weight is 417 g/mol. The quantitative estimate of drug-likeness (QED) is 0.762. The van der Waals surface area contributed by atoms with Crippen LogP contribution in [-0.2, 0) is 16.1 Å². The van der Waals surface area contributed by atoms with Crippen molar-refractivity contribution in [1.82, 2.24) is 14.7 Å². The summed E-state index contributed by atoms with van der Waals surface area (Å²) in [7, 11) is 0. The molecule has 0 N–H and O–H groups in total. The van der Waals surface area contributed by atoms with Gasteiger partial charge in [0.1, 0.15) is 5.02 Å². The number of hydrogen-bond acceptors (Lipinski definition) is 5. The molecule has 4 rings (SSSR count). The van der Waals surface area contributed by atoms with E-state index in [9.17, 15) is 9.59 Å². The van der Waals surface area contributed by atoms with E-state index in [0.717, 1.165) is 24.9 Å². The molecule has 0 spiro atoms. The zero-order chi connectivity index (χ0) is 20.2. The molecule has 2 aliphatic rings. The molecule has 0 bridgehead atoms. The van der Waals surface area contributed by atoms with Gasteiger partial charge < -0.3 is 14.5 Å². The van der Waals surface area contributed by atoms with E-state index in [1.54, 1.807) is 6.20 Å². The summed E-state index contributed by atoms with van der Waals surface area (Å²) in [5, 5.41) is 4.50. The van der Waals surface area contributed by atoms with Crippen molar-refractivity contribution in [2.45, 2.75) is 19.4 Å². The van der Waals surface area contributed by atoms with Crippen molar-refractivity contribution in [1.29, 1.82) is 0 Å². The molecule has 1 amide bonds. The molecular formula is C21H25ClN4O3. The maximum absolute atomic E-state index is 12.9. The number of carbonyl (C=O) groups excluding carboxylic acids is 1. The smallest absolute Gasteiger partial charge is 0.287 e. The highest BCUT2D eigenvalue weighted by Gasteiger charge is 2.31. The molecule has 2 fully saturated rings. The van der Waals surface area contributed by atoms with E-state index in [0.29, 0.717) is 45.1 Å². The topological polar surface area (TPSA) is 67.7 Å². The first kappa shape index (κ1) is 19.9. The predicted molar refractivity (Wildman–Crippen MR) is 111 cm³/mol. The van der Waals surface area contributed by atoms with Gasteiger partial charge in [-0.3, -0.25) is 9.59 Å². The first-order valence-corrected chi connectivity index (χ1v) is 10.4. The van der Waals surface area contributed by atoms with Crippen LogP contribution in [-0.4, -0.2) is 60.0 Å². The van der Waals surface area contributed by atoms with Crippen LogP contribution in [0.2, 0.25) is 5.02 Å². The van der Waals surface area contributed by atoms with Crippen LogP contribution in [0.1, 0.15) is 18.4 Å². The van der Waals surface area contributed by atoms with E-state index in [1.165, 1.54) is 4.68 Å². The molecule has 2 aliphatic heterocycles. The summed E-state index contributed by atoms with van der Waals surface area (Å²) in [6.07, 6.45) is 3.38. The number of carbonyl (C=O) groups is 1. The van der Waals surface area contributed by atoms with Crippen LogP contribution in [0.25, 0.3) is 0 Å². The van der Waals surface area contributed by atoms with Gasteiger partial charge in [0.2, 0.25) is 5.91 Å². The van der Waals surface area contributed by atoms with Crippen molar-refractivity contribution in [3.05, 3.63) is 57.5 Å². The van der Waals surface area contributed by atoms with Crippen LogP contribution in [0.4, 0.5) is 5.69 Å². The zero-order valence-electron chi connectivity index (χ0n) is 16.3. The fourth-order valence-electron chi connectivity index (χ4n) is 3.99. The molecule has 1 unspecified atom stereocenters. The van der Waals surface area contributed by atoms with Gasteiger partial charge in [0.25, 0.3) is 5.56 Å². The molecule has 3 heterocycles. The van der Waals surface area contributed by atoms with Crippen molar-refractivity contribution in [3.8, 4) is 0 Å². The number of ether oxygens (including phenoxy) is 1. The largest absolute Gasteiger partial charge is 0.378 e. The molecule has 0 aliphatic carbocycles. The van der Waals surface area contributed by atoms with E-state index in [1.807, 2.05) is 40.1 Å². The Morgan fingerprint density at radius 3 is 2.69 bits per heavy atom. The van der Waals surface area contributed by atoms with Crippen LogP contribution < -0.4 is 10.5 Å². The second-order valence-corrected chi connectivity index (χ2v) is 7.89. The lowest BCUT2D eigenvalue weighted by molar-refractivity contribution is -0.139. The third-order valence-electron chi connectivity index (χ3n) is 5.58. The Hall–Kier alpha value is -2.38. The monoisotopic (exact) mass is 416 g/mol. The SMILES string of the molecule is O=C(C1CCCN(c2cnn(Cc3ccccc3)c(=O)c2Cl)C1)N1CCOCC1. The van der Waals surface area contributed by atoms with Crippen molar-refractivity contribution in [2.75, 3.05) is 44.3 Å². The minimum atomic E-state index is -0.311. The van der Waals surface area contributed by atoms with Gasteiger partial charge in [0, 0.05) is 26.2 Å². The third-order valence-corrected chi connectivity index (χ3v) is 5.93. The highest BCUT2D eigenvalue weighted by molar-refractivity contribution is 6.33. The Labute approximate surface area is 174 Å². The van der Waals surface area contributed by atoms with Crippen molar-refractivity contribution < 1.29 is 9.53 Å². The number of hydrogen-bond donors (Lipinski definition) is 0. The third kappa shape index (κ3) is 4.46. The molecule has 2 aromatic rings. The lowest BCUT2D eigenvalue weighted by Crippen LogP contribution is -2.48. The minimum Gasteiger partial charge on any atom is -0.378 e. The number of piperidine rings is 1. The molecule has 2 saturated heterocycles. The minimum absolute atomic E-state index is 0.0929. The van der Waals surface area contributed by atoms with Gasteiger partial charge in [-0.15, -0.1) is 0 Å². The van der Waals surface area contributed by atoms with Crippen molar-refractivity contribution >= 4 is 23.2 Å². The fourth-order valence-corrected chi connectivity index (χ4v) is 4.25. The summed E-state index contributed by atoms with van der Waals surface area (Å²) in [5.41, 5.74) is 1.29. The maximum atomic E-state index is 12.9. The van der Waals surface area contributed by atoms with Crippen LogP contribution in [0.3, 0.4) is 0 Å². The number of aromatic nitrogens is 2. The van der Waals surface area contributed by atoms with Gasteiger partial charge in [-0.1, -0.05) is 41.9 Å². The van der Waals surface area contributed by atoms with Gasteiger partial charge in [0.05, 0.1) is 37.6 Å². The van der Waals surface area contributed by atoms with Gasteiger partial charge in [-0.2, -0.15) is 5.10 Å². The van der Waals surface area contributed by atoms with Gasteiger partial charge in [-0.25, -0.2) is 4.68 Å². The fraction of sp³-hybridized carbons (Fsp3) is 0.476. The van der Waals surface area contributed by atoms with Crippen LogP contribution >= 0.6 is 11.6 Å². The van der Waals surface area contributed by atoms with E-state index in [-0.39, 0.29) is 22.4 Å². The van der Waals surface area contributed by atoms with E-state index >= 15 is 0 Å². The molecule has 0 saturated carbocycles. The summed E-state index contributed by atoms with van der Waals surface area (Å²) in [6, 6.07) is 9.68. The summed E-state index contributed by atoms with van der Waals surface area (Å²) in [4.78, 5) is 29.5. The van der Waals surface area contributed by atoms with Gasteiger partial charge in [-0.05, 0) is 18.4 Å². The Morgan fingerprint density at radius 1 is 1.17 bits per heavy atom. The molecule has 0 radical (unpaired) electrons. The lowest BCUT2D eigenvalue weighted by Gasteiger charge is -2.37. The number of benzene rings is 1. The number of morpholine rings is 1. The summed E-state index contributed by atoms with van der Waals surface area (Å²) in [5.74, 6) is 0.0733. The van der Waals surface area contributed by atoms with Crippen LogP contribution in [0.15, 0.2) is 41.3 Å². The molecule has 29 heavy (non-hydrogen) atoms. The van der Waals surface area contributed by atoms with E-state index < -0.39 is 0 Å². The number of amides is 1. The first-order chi connectivity index (χ1) is 14.1.